The highest BCUT2D eigenvalue weighted by atomic mass is 16.2. The molecule has 22 heavy (non-hydrogen) atoms. The predicted molar refractivity (Wildman–Crippen MR) is 92.0 cm³/mol. The minimum atomic E-state index is -0.0398. The topological polar surface area (TPSA) is 32.3 Å². The van der Waals surface area contributed by atoms with Gasteiger partial charge in [0, 0.05) is 25.0 Å². The molecule has 1 aliphatic carbocycles. The van der Waals surface area contributed by atoms with Crippen LogP contribution in [0, 0.1) is 0 Å². The molecular weight excluding hydrogens is 272 g/mol. The second kappa shape index (κ2) is 7.83. The molecule has 1 fully saturated rings. The molecule has 0 spiro atoms. The molecule has 0 bridgehead atoms. The van der Waals surface area contributed by atoms with E-state index in [9.17, 15) is 4.79 Å². The van der Waals surface area contributed by atoms with Crippen LogP contribution in [-0.2, 0) is 5.41 Å². The first-order valence-corrected chi connectivity index (χ1v) is 8.02. The fraction of sp³-hybridized carbons (Fsp3) is 0.421. The maximum atomic E-state index is 12.4. The van der Waals surface area contributed by atoms with E-state index in [-0.39, 0.29) is 11.4 Å². The molecular formula is C19H26N2O. The number of carbonyl (C=O) groups excluding carboxylic acids is 1. The molecule has 1 N–H and O–H groups in total. The first-order valence-electron chi connectivity index (χ1n) is 8.02. The monoisotopic (exact) mass is 298 g/mol. The van der Waals surface area contributed by atoms with E-state index >= 15 is 0 Å². The smallest absolute Gasteiger partial charge is 0.317 e. The molecule has 0 atom stereocenters. The number of amides is 2. The molecule has 1 aromatic rings. The van der Waals surface area contributed by atoms with Crippen molar-refractivity contribution < 1.29 is 4.79 Å². The number of rotatable bonds is 7. The van der Waals surface area contributed by atoms with Crippen molar-refractivity contribution in [2.24, 2.45) is 0 Å². The summed E-state index contributed by atoms with van der Waals surface area (Å²) in [4.78, 5) is 14.1. The van der Waals surface area contributed by atoms with Gasteiger partial charge in [-0.15, -0.1) is 13.2 Å². The number of urea groups is 1. The highest BCUT2D eigenvalue weighted by Crippen LogP contribution is 2.40. The van der Waals surface area contributed by atoms with Gasteiger partial charge in [-0.25, -0.2) is 4.79 Å². The lowest BCUT2D eigenvalue weighted by atomic mass is 9.79. The average Bonchev–Trinajstić information content (AvgIpc) is 3.03. The summed E-state index contributed by atoms with van der Waals surface area (Å²) in [5.41, 5.74) is 1.43. The van der Waals surface area contributed by atoms with Gasteiger partial charge in [-0.3, -0.25) is 0 Å². The van der Waals surface area contributed by atoms with Gasteiger partial charge in [0.05, 0.1) is 0 Å². The van der Waals surface area contributed by atoms with Crippen LogP contribution >= 0.6 is 0 Å². The van der Waals surface area contributed by atoms with Crippen LogP contribution in [0.5, 0.6) is 0 Å². The lowest BCUT2D eigenvalue weighted by molar-refractivity contribution is 0.204. The third kappa shape index (κ3) is 3.79. The number of nitrogens with one attached hydrogen (secondary N) is 1. The van der Waals surface area contributed by atoms with E-state index in [0.29, 0.717) is 19.6 Å². The molecule has 2 rings (SSSR count). The summed E-state index contributed by atoms with van der Waals surface area (Å²) >= 11 is 0. The fourth-order valence-electron chi connectivity index (χ4n) is 3.32. The van der Waals surface area contributed by atoms with E-state index in [1.54, 1.807) is 17.1 Å². The highest BCUT2D eigenvalue weighted by Gasteiger charge is 2.35. The molecule has 0 heterocycles. The van der Waals surface area contributed by atoms with Crippen LogP contribution < -0.4 is 5.32 Å². The van der Waals surface area contributed by atoms with E-state index in [0.717, 1.165) is 12.8 Å². The summed E-state index contributed by atoms with van der Waals surface area (Å²) in [6.45, 7) is 9.19. The Morgan fingerprint density at radius 3 is 2.27 bits per heavy atom. The summed E-state index contributed by atoms with van der Waals surface area (Å²) < 4.78 is 0. The molecule has 0 aromatic heterocycles. The highest BCUT2D eigenvalue weighted by molar-refractivity contribution is 5.74. The van der Waals surface area contributed by atoms with Crippen LogP contribution in [0.15, 0.2) is 55.6 Å². The van der Waals surface area contributed by atoms with Crippen molar-refractivity contribution in [3.8, 4) is 0 Å². The Balaban J connectivity index is 2.04. The van der Waals surface area contributed by atoms with Gasteiger partial charge >= 0.3 is 6.03 Å². The molecule has 0 radical (unpaired) electrons. The standard InChI is InChI=1S/C19H26N2O/c1-3-14-21(15-4-2)18(22)20-16-19(12-8-9-13-19)17-10-6-5-7-11-17/h3-7,10-11H,1-2,8-9,12-16H2,(H,20,22). The van der Waals surface area contributed by atoms with E-state index < -0.39 is 0 Å². The molecule has 3 nitrogen and oxygen atoms in total. The lowest BCUT2D eigenvalue weighted by Gasteiger charge is -2.31. The van der Waals surface area contributed by atoms with Gasteiger partial charge in [0.1, 0.15) is 0 Å². The van der Waals surface area contributed by atoms with Crippen LogP contribution in [0.3, 0.4) is 0 Å². The van der Waals surface area contributed by atoms with Gasteiger partial charge in [0.25, 0.3) is 0 Å². The molecule has 0 aliphatic heterocycles. The van der Waals surface area contributed by atoms with E-state index in [2.05, 4.69) is 42.7 Å². The Hall–Kier alpha value is -2.03. The van der Waals surface area contributed by atoms with Gasteiger partial charge in [-0.2, -0.15) is 0 Å². The van der Waals surface area contributed by atoms with Crippen molar-refractivity contribution in [1.82, 2.24) is 10.2 Å². The Labute approximate surface area is 133 Å². The van der Waals surface area contributed by atoms with Gasteiger partial charge < -0.3 is 10.2 Å². The third-order valence-electron chi connectivity index (χ3n) is 4.51. The van der Waals surface area contributed by atoms with Crippen molar-refractivity contribution >= 4 is 6.03 Å². The molecule has 1 saturated carbocycles. The van der Waals surface area contributed by atoms with Crippen LogP contribution in [0.1, 0.15) is 31.2 Å². The number of hydrogen-bond acceptors (Lipinski definition) is 1. The fourth-order valence-corrected chi connectivity index (χ4v) is 3.32. The number of benzene rings is 1. The van der Waals surface area contributed by atoms with Crippen molar-refractivity contribution in [3.63, 3.8) is 0 Å². The van der Waals surface area contributed by atoms with Crippen molar-refractivity contribution in [2.75, 3.05) is 19.6 Å². The summed E-state index contributed by atoms with van der Waals surface area (Å²) in [5, 5.41) is 3.13. The Morgan fingerprint density at radius 2 is 1.73 bits per heavy atom. The van der Waals surface area contributed by atoms with Gasteiger partial charge in [-0.1, -0.05) is 55.3 Å². The Bertz CT molecular complexity index is 493. The van der Waals surface area contributed by atoms with Crippen LogP contribution in [0.2, 0.25) is 0 Å². The van der Waals surface area contributed by atoms with Crippen LogP contribution in [0.4, 0.5) is 4.79 Å². The Morgan fingerprint density at radius 1 is 1.14 bits per heavy atom. The largest absolute Gasteiger partial charge is 0.337 e. The van der Waals surface area contributed by atoms with E-state index in [1.807, 2.05) is 6.07 Å². The number of nitrogens with zero attached hydrogens (tertiary/aromatic N) is 1. The van der Waals surface area contributed by atoms with E-state index in [4.69, 9.17) is 0 Å². The SMILES string of the molecule is C=CCN(CC=C)C(=O)NCC1(c2ccccc2)CCCC1. The van der Waals surface area contributed by atoms with E-state index in [1.165, 1.54) is 18.4 Å². The van der Waals surface area contributed by atoms with Crippen LogP contribution in [0.25, 0.3) is 0 Å². The van der Waals surface area contributed by atoms with Crippen LogP contribution in [-0.4, -0.2) is 30.6 Å². The lowest BCUT2D eigenvalue weighted by Crippen LogP contribution is -2.45. The summed E-state index contributed by atoms with van der Waals surface area (Å²) in [6, 6.07) is 10.5. The van der Waals surface area contributed by atoms with Gasteiger partial charge in [0.15, 0.2) is 0 Å². The number of carbonyl (C=O) groups is 1. The molecule has 0 unspecified atom stereocenters. The maximum Gasteiger partial charge on any atom is 0.317 e. The zero-order valence-corrected chi connectivity index (χ0v) is 13.3. The average molecular weight is 298 g/mol. The first-order chi connectivity index (χ1) is 10.7. The van der Waals surface area contributed by atoms with Crippen molar-refractivity contribution in [2.45, 2.75) is 31.1 Å². The van der Waals surface area contributed by atoms with Crippen molar-refractivity contribution in [1.29, 1.82) is 0 Å². The maximum absolute atomic E-state index is 12.4. The predicted octanol–water partition coefficient (Wildman–Crippen LogP) is 3.88. The summed E-state index contributed by atoms with van der Waals surface area (Å²) in [5.74, 6) is 0. The Kier molecular flexibility index (Phi) is 5.82. The molecule has 3 heteroatoms. The normalized spacial score (nSPS) is 16.0. The molecule has 0 saturated heterocycles. The molecule has 2 amide bonds. The summed E-state index contributed by atoms with van der Waals surface area (Å²) in [6.07, 6.45) is 8.22. The molecule has 1 aliphatic rings. The quantitative estimate of drug-likeness (QED) is 0.761. The minimum Gasteiger partial charge on any atom is -0.337 e. The molecule has 1 aromatic carbocycles. The minimum absolute atomic E-state index is 0.0398. The van der Waals surface area contributed by atoms with Gasteiger partial charge in [0.2, 0.25) is 0 Å². The number of hydrogen-bond donors (Lipinski definition) is 1. The molecule has 118 valence electrons. The third-order valence-corrected chi connectivity index (χ3v) is 4.51. The van der Waals surface area contributed by atoms with Gasteiger partial charge in [-0.05, 0) is 18.4 Å². The second-order valence-corrected chi connectivity index (χ2v) is 5.99. The first kappa shape index (κ1) is 16.3. The zero-order chi connectivity index (χ0) is 15.8. The zero-order valence-electron chi connectivity index (χ0n) is 13.3. The second-order valence-electron chi connectivity index (χ2n) is 5.99. The summed E-state index contributed by atoms with van der Waals surface area (Å²) in [7, 11) is 0. The van der Waals surface area contributed by atoms with Crippen molar-refractivity contribution in [3.05, 3.63) is 61.2 Å².